The van der Waals surface area contributed by atoms with E-state index in [1.54, 1.807) is 0 Å². The van der Waals surface area contributed by atoms with Gasteiger partial charge in [-0.3, -0.25) is 0 Å². The first kappa shape index (κ1) is 18.9. The zero-order valence-electron chi connectivity index (χ0n) is 16.1. The van der Waals surface area contributed by atoms with Gasteiger partial charge in [0.15, 0.2) is 0 Å². The largest absolute Gasteiger partial charge is 0.422 e. The van der Waals surface area contributed by atoms with Crippen LogP contribution in [0, 0.1) is 0 Å². The monoisotopic (exact) mass is 358 g/mol. The molecule has 0 radical (unpaired) electrons. The summed E-state index contributed by atoms with van der Waals surface area (Å²) in [7, 11) is 0. The minimum absolute atomic E-state index is 0.298. The zero-order chi connectivity index (χ0) is 19.1. The molecule has 0 N–H and O–H groups in total. The Morgan fingerprint density at radius 2 is 1.70 bits per heavy atom. The van der Waals surface area contributed by atoms with Crippen molar-refractivity contribution in [2.45, 2.75) is 39.5 Å². The summed E-state index contributed by atoms with van der Waals surface area (Å²) in [5, 5.41) is 0.972. The highest BCUT2D eigenvalue weighted by Crippen LogP contribution is 2.24. The summed E-state index contributed by atoms with van der Waals surface area (Å²) in [6.07, 6.45) is 10.3. The van der Waals surface area contributed by atoms with E-state index in [2.05, 4.69) is 62.4 Å². The molecule has 0 aliphatic carbocycles. The van der Waals surface area contributed by atoms with E-state index in [4.69, 9.17) is 4.42 Å². The highest BCUT2D eigenvalue weighted by atomic mass is 16.4. The first-order valence-corrected chi connectivity index (χ1v) is 9.50. The standard InChI is InChI=1S/C25H26O2/c1-19(2)10-6-3-4-9-13-23-22(18-20-11-7-5-8-12-20)15-14-21-16-17-24(26)27-25(21)23/h4-5,7-12,14-17H,3,6,13,18H2,1-2H3/b9-4-. The van der Waals surface area contributed by atoms with Gasteiger partial charge in [0.2, 0.25) is 0 Å². The normalized spacial score (nSPS) is 11.2. The number of unbranched alkanes of at least 4 members (excludes halogenated alkanes) is 1. The van der Waals surface area contributed by atoms with Crippen molar-refractivity contribution in [2.75, 3.05) is 0 Å². The Balaban J connectivity index is 1.90. The number of rotatable bonds is 7. The van der Waals surface area contributed by atoms with E-state index in [-0.39, 0.29) is 5.63 Å². The van der Waals surface area contributed by atoms with Crippen molar-refractivity contribution in [3.05, 3.63) is 106 Å². The molecule has 0 saturated carbocycles. The average Bonchev–Trinajstić information content (AvgIpc) is 2.66. The first-order chi connectivity index (χ1) is 13.1. The summed E-state index contributed by atoms with van der Waals surface area (Å²) in [6.45, 7) is 4.25. The smallest absolute Gasteiger partial charge is 0.336 e. The SMILES string of the molecule is CC(C)=CCC/C=C\Cc1c(Cc2ccccc2)ccc2ccc(=O)oc12. The highest BCUT2D eigenvalue weighted by Gasteiger charge is 2.10. The maximum absolute atomic E-state index is 11.8. The van der Waals surface area contributed by atoms with Crippen molar-refractivity contribution >= 4 is 11.0 Å². The fraction of sp³-hybridized carbons (Fsp3) is 0.240. The molecule has 3 rings (SSSR count). The number of hydrogen-bond donors (Lipinski definition) is 0. The fourth-order valence-electron chi connectivity index (χ4n) is 3.22. The van der Waals surface area contributed by atoms with E-state index in [9.17, 15) is 4.79 Å². The molecule has 3 aromatic rings. The van der Waals surface area contributed by atoms with Crippen molar-refractivity contribution in [3.8, 4) is 0 Å². The van der Waals surface area contributed by atoms with Crippen LogP contribution in [0.4, 0.5) is 0 Å². The molecule has 0 aliphatic heterocycles. The van der Waals surface area contributed by atoms with Gasteiger partial charge in [0, 0.05) is 17.0 Å². The summed E-state index contributed by atoms with van der Waals surface area (Å²) in [5.74, 6) is 0. The number of benzene rings is 2. The topological polar surface area (TPSA) is 30.2 Å². The third-order valence-electron chi connectivity index (χ3n) is 4.60. The first-order valence-electron chi connectivity index (χ1n) is 9.50. The highest BCUT2D eigenvalue weighted by molar-refractivity contribution is 5.81. The Morgan fingerprint density at radius 1 is 0.926 bits per heavy atom. The van der Waals surface area contributed by atoms with Gasteiger partial charge < -0.3 is 4.42 Å². The van der Waals surface area contributed by atoms with Gasteiger partial charge in [-0.15, -0.1) is 0 Å². The molecular formula is C25H26O2. The van der Waals surface area contributed by atoms with Crippen molar-refractivity contribution in [2.24, 2.45) is 0 Å². The summed E-state index contributed by atoms with van der Waals surface area (Å²) in [5.41, 5.74) is 5.33. The Labute approximate surface area is 160 Å². The van der Waals surface area contributed by atoms with Crippen LogP contribution in [-0.4, -0.2) is 0 Å². The van der Waals surface area contributed by atoms with Crippen molar-refractivity contribution < 1.29 is 4.42 Å². The van der Waals surface area contributed by atoms with Gasteiger partial charge in [-0.1, -0.05) is 66.3 Å². The maximum atomic E-state index is 11.8. The van der Waals surface area contributed by atoms with Crippen LogP contribution in [-0.2, 0) is 12.8 Å². The van der Waals surface area contributed by atoms with Crippen LogP contribution < -0.4 is 5.63 Å². The minimum Gasteiger partial charge on any atom is -0.422 e. The van der Waals surface area contributed by atoms with Crippen LogP contribution >= 0.6 is 0 Å². The van der Waals surface area contributed by atoms with Crippen molar-refractivity contribution in [1.82, 2.24) is 0 Å². The molecule has 2 nitrogen and oxygen atoms in total. The second-order valence-electron chi connectivity index (χ2n) is 7.07. The average molecular weight is 358 g/mol. The Hall–Kier alpha value is -2.87. The molecule has 0 fully saturated rings. The summed E-state index contributed by atoms with van der Waals surface area (Å²) < 4.78 is 5.58. The predicted molar refractivity (Wildman–Crippen MR) is 113 cm³/mol. The van der Waals surface area contributed by atoms with Crippen molar-refractivity contribution in [3.63, 3.8) is 0 Å². The van der Waals surface area contributed by atoms with Crippen LogP contribution in [0.3, 0.4) is 0 Å². The molecule has 138 valence electrons. The molecule has 0 spiro atoms. The van der Waals surface area contributed by atoms with E-state index >= 15 is 0 Å². The van der Waals surface area contributed by atoms with Gasteiger partial charge in [-0.05, 0) is 56.7 Å². The van der Waals surface area contributed by atoms with E-state index in [1.165, 1.54) is 22.8 Å². The summed E-state index contributed by atoms with van der Waals surface area (Å²) >= 11 is 0. The predicted octanol–water partition coefficient (Wildman–Crippen LogP) is 6.23. The molecule has 0 bridgehead atoms. The van der Waals surface area contributed by atoms with E-state index < -0.39 is 0 Å². The van der Waals surface area contributed by atoms with E-state index in [0.29, 0.717) is 5.58 Å². The summed E-state index contributed by atoms with van der Waals surface area (Å²) in [4.78, 5) is 11.8. The number of allylic oxidation sites excluding steroid dienone is 4. The van der Waals surface area contributed by atoms with E-state index in [0.717, 1.165) is 36.6 Å². The lowest BCUT2D eigenvalue weighted by atomic mass is 9.95. The number of hydrogen-bond acceptors (Lipinski definition) is 2. The molecule has 0 atom stereocenters. The second kappa shape index (κ2) is 9.18. The fourth-order valence-corrected chi connectivity index (χ4v) is 3.22. The Morgan fingerprint density at radius 3 is 2.48 bits per heavy atom. The van der Waals surface area contributed by atoms with E-state index in [1.807, 2.05) is 18.2 Å². The molecule has 0 amide bonds. The van der Waals surface area contributed by atoms with Crippen LogP contribution in [0.15, 0.2) is 87.6 Å². The van der Waals surface area contributed by atoms with Crippen molar-refractivity contribution in [1.29, 1.82) is 0 Å². The van der Waals surface area contributed by atoms with Gasteiger partial charge in [0.05, 0.1) is 0 Å². The molecule has 0 saturated heterocycles. The van der Waals surface area contributed by atoms with Gasteiger partial charge >= 0.3 is 5.63 Å². The maximum Gasteiger partial charge on any atom is 0.336 e. The third kappa shape index (κ3) is 5.30. The molecule has 1 heterocycles. The zero-order valence-corrected chi connectivity index (χ0v) is 16.1. The molecule has 27 heavy (non-hydrogen) atoms. The van der Waals surface area contributed by atoms with Crippen LogP contribution in [0.5, 0.6) is 0 Å². The van der Waals surface area contributed by atoms with Gasteiger partial charge in [0.25, 0.3) is 0 Å². The lowest BCUT2D eigenvalue weighted by molar-refractivity contribution is 0.557. The van der Waals surface area contributed by atoms with Crippen LogP contribution in [0.25, 0.3) is 11.0 Å². The molecule has 2 aromatic carbocycles. The molecule has 0 aliphatic rings. The van der Waals surface area contributed by atoms with Gasteiger partial charge in [-0.25, -0.2) is 4.79 Å². The third-order valence-corrected chi connectivity index (χ3v) is 4.60. The minimum atomic E-state index is -0.298. The van der Waals surface area contributed by atoms with Gasteiger partial charge in [-0.2, -0.15) is 0 Å². The quantitative estimate of drug-likeness (QED) is 0.285. The molecular weight excluding hydrogens is 332 g/mol. The van der Waals surface area contributed by atoms with Crippen LogP contribution in [0.1, 0.15) is 43.4 Å². The lowest BCUT2D eigenvalue weighted by Gasteiger charge is -2.11. The molecule has 2 heteroatoms. The molecule has 0 unspecified atom stereocenters. The lowest BCUT2D eigenvalue weighted by Crippen LogP contribution is -2.01. The second-order valence-corrected chi connectivity index (χ2v) is 7.07. The van der Waals surface area contributed by atoms with Crippen LogP contribution in [0.2, 0.25) is 0 Å². The van der Waals surface area contributed by atoms with Gasteiger partial charge in [0.1, 0.15) is 5.58 Å². The number of fused-ring (bicyclic) bond motifs is 1. The summed E-state index contributed by atoms with van der Waals surface area (Å²) in [6, 6.07) is 17.9. The Bertz CT molecular complexity index is 1000. The molecule has 1 aromatic heterocycles. The Kier molecular flexibility index (Phi) is 6.43.